The molecule has 2 amide bonds. The van der Waals surface area contributed by atoms with Crippen LogP contribution in [0.5, 0.6) is 0 Å². The van der Waals surface area contributed by atoms with Crippen molar-refractivity contribution in [3.05, 3.63) is 35.6 Å². The molecule has 0 N–H and O–H groups in total. The van der Waals surface area contributed by atoms with Gasteiger partial charge in [-0.05, 0) is 49.8 Å². The van der Waals surface area contributed by atoms with E-state index < -0.39 is 5.67 Å². The molecule has 1 saturated carbocycles. The maximum absolute atomic E-state index is 14.4. The van der Waals surface area contributed by atoms with Gasteiger partial charge in [-0.15, -0.1) is 0 Å². The van der Waals surface area contributed by atoms with Crippen molar-refractivity contribution < 1.29 is 18.4 Å². The minimum absolute atomic E-state index is 0.0787. The number of nitrogens with zero attached hydrogens (tertiary/aromatic N) is 2. The smallest absolute Gasteiger partial charge is 0.260 e. The second kappa shape index (κ2) is 6.32. The Bertz CT molecular complexity index is 724. The average Bonchev–Trinajstić information content (AvgIpc) is 2.88. The largest absolute Gasteiger partial charge is 0.340 e. The van der Waals surface area contributed by atoms with Gasteiger partial charge >= 0.3 is 0 Å². The summed E-state index contributed by atoms with van der Waals surface area (Å²) in [4.78, 5) is 28.2. The molecule has 4 rings (SSSR count). The number of rotatable bonds is 3. The van der Waals surface area contributed by atoms with Crippen LogP contribution in [0.2, 0.25) is 0 Å². The van der Waals surface area contributed by atoms with E-state index in [1.54, 1.807) is 15.9 Å². The third-order valence-electron chi connectivity index (χ3n) is 6.31. The highest BCUT2D eigenvalue weighted by atomic mass is 19.1. The molecule has 1 aromatic rings. The quantitative estimate of drug-likeness (QED) is 0.829. The first-order chi connectivity index (χ1) is 12.4. The maximum atomic E-state index is 14.4. The number of carbonyl (C=O) groups is 2. The number of carbonyl (C=O) groups excluding carboxylic acids is 2. The van der Waals surface area contributed by atoms with Crippen molar-refractivity contribution in [3.63, 3.8) is 0 Å². The first-order valence-electron chi connectivity index (χ1n) is 9.40. The Kier molecular flexibility index (Phi) is 4.24. The molecule has 6 heteroatoms. The third-order valence-corrected chi connectivity index (χ3v) is 6.31. The molecule has 1 aromatic carbocycles. The van der Waals surface area contributed by atoms with Crippen molar-refractivity contribution in [1.29, 1.82) is 0 Å². The fraction of sp³-hybridized carbons (Fsp3) is 0.600. The number of hydrogen-bond acceptors (Lipinski definition) is 2. The molecule has 26 heavy (non-hydrogen) atoms. The van der Waals surface area contributed by atoms with Gasteiger partial charge in [0.1, 0.15) is 5.82 Å². The summed E-state index contributed by atoms with van der Waals surface area (Å²) in [6.45, 7) is 2.08. The Hall–Kier alpha value is -1.98. The number of piperidine rings is 1. The van der Waals surface area contributed by atoms with Crippen LogP contribution in [0, 0.1) is 11.2 Å². The molecule has 140 valence electrons. The van der Waals surface area contributed by atoms with Crippen LogP contribution < -0.4 is 0 Å². The molecule has 1 aliphatic carbocycles. The Morgan fingerprint density at radius 1 is 1.15 bits per heavy atom. The summed E-state index contributed by atoms with van der Waals surface area (Å²) in [5, 5.41) is 0. The van der Waals surface area contributed by atoms with Crippen molar-refractivity contribution in [1.82, 2.24) is 9.80 Å². The van der Waals surface area contributed by atoms with E-state index >= 15 is 0 Å². The van der Waals surface area contributed by atoms with Crippen LogP contribution in [-0.2, 0) is 16.1 Å². The van der Waals surface area contributed by atoms with E-state index in [0.29, 0.717) is 45.4 Å². The van der Waals surface area contributed by atoms with Gasteiger partial charge in [-0.2, -0.15) is 0 Å². The molecule has 4 nitrogen and oxygen atoms in total. The highest BCUT2D eigenvalue weighted by Gasteiger charge is 2.50. The molecule has 0 unspecified atom stereocenters. The third kappa shape index (κ3) is 3.10. The van der Waals surface area contributed by atoms with E-state index in [4.69, 9.17) is 0 Å². The van der Waals surface area contributed by atoms with Crippen LogP contribution in [0.3, 0.4) is 0 Å². The Morgan fingerprint density at radius 3 is 2.50 bits per heavy atom. The molecule has 1 spiro atoms. The van der Waals surface area contributed by atoms with Crippen molar-refractivity contribution in [3.8, 4) is 0 Å². The van der Waals surface area contributed by atoms with E-state index in [0.717, 1.165) is 24.8 Å². The van der Waals surface area contributed by atoms with Gasteiger partial charge in [-0.1, -0.05) is 12.1 Å². The van der Waals surface area contributed by atoms with Gasteiger partial charge < -0.3 is 9.80 Å². The normalized spacial score (nSPS) is 24.0. The van der Waals surface area contributed by atoms with Crippen LogP contribution in [0.15, 0.2) is 24.3 Å². The van der Waals surface area contributed by atoms with Gasteiger partial charge in [0.05, 0.1) is 0 Å². The average molecular weight is 362 g/mol. The predicted octanol–water partition coefficient (Wildman–Crippen LogP) is 3.06. The molecule has 0 bridgehead atoms. The molecule has 0 aromatic heterocycles. The zero-order valence-corrected chi connectivity index (χ0v) is 14.8. The van der Waals surface area contributed by atoms with E-state index in [1.165, 1.54) is 12.1 Å². The van der Waals surface area contributed by atoms with Gasteiger partial charge in [-0.3, -0.25) is 9.59 Å². The standard InChI is InChI=1S/C20H24F2N2O2/c21-16-4-1-3-15(11-16)13-24-14-19(12-17(24)25)7-9-23(10-8-19)18(26)20(22)5-2-6-20/h1,3-4,11H,2,5-10,12-14H2. The van der Waals surface area contributed by atoms with Gasteiger partial charge in [0.15, 0.2) is 5.67 Å². The van der Waals surface area contributed by atoms with Gasteiger partial charge in [0.2, 0.25) is 5.91 Å². The number of halogens is 2. The minimum atomic E-state index is -1.64. The molecular formula is C20H24F2N2O2. The molecule has 0 atom stereocenters. The lowest BCUT2D eigenvalue weighted by Gasteiger charge is -2.43. The predicted molar refractivity (Wildman–Crippen MR) is 92.4 cm³/mol. The fourth-order valence-electron chi connectivity index (χ4n) is 4.48. The van der Waals surface area contributed by atoms with Crippen LogP contribution in [0.1, 0.15) is 44.1 Å². The van der Waals surface area contributed by atoms with E-state index in [1.807, 2.05) is 6.07 Å². The minimum Gasteiger partial charge on any atom is -0.340 e. The summed E-state index contributed by atoms with van der Waals surface area (Å²) in [6, 6.07) is 6.32. The maximum Gasteiger partial charge on any atom is 0.260 e. The number of benzene rings is 1. The Labute approximate surface area is 152 Å². The monoisotopic (exact) mass is 362 g/mol. The molecule has 0 radical (unpaired) electrons. The fourth-order valence-corrected chi connectivity index (χ4v) is 4.48. The van der Waals surface area contributed by atoms with Crippen molar-refractivity contribution >= 4 is 11.8 Å². The van der Waals surface area contributed by atoms with E-state index in [-0.39, 0.29) is 23.0 Å². The Balaban J connectivity index is 1.37. The number of likely N-dealkylation sites (tertiary alicyclic amines) is 2. The number of amides is 2. The number of alkyl halides is 1. The van der Waals surface area contributed by atoms with Crippen LogP contribution >= 0.6 is 0 Å². The summed E-state index contributed by atoms with van der Waals surface area (Å²) in [5.74, 6) is -0.582. The molecule has 2 heterocycles. The lowest BCUT2D eigenvalue weighted by molar-refractivity contribution is -0.152. The summed E-state index contributed by atoms with van der Waals surface area (Å²) >= 11 is 0. The highest BCUT2D eigenvalue weighted by molar-refractivity contribution is 5.86. The number of hydrogen-bond donors (Lipinski definition) is 0. The topological polar surface area (TPSA) is 40.6 Å². The van der Waals surface area contributed by atoms with Crippen LogP contribution in [0.25, 0.3) is 0 Å². The summed E-state index contributed by atoms with van der Waals surface area (Å²) in [6.07, 6.45) is 3.37. The van der Waals surface area contributed by atoms with Crippen molar-refractivity contribution in [2.45, 2.75) is 50.7 Å². The SMILES string of the molecule is O=C1CC2(CCN(C(=O)C3(F)CCC3)CC2)CN1Cc1cccc(F)c1. The lowest BCUT2D eigenvalue weighted by atomic mass is 9.76. The summed E-state index contributed by atoms with van der Waals surface area (Å²) < 4.78 is 27.7. The van der Waals surface area contributed by atoms with E-state index in [2.05, 4.69) is 0 Å². The van der Waals surface area contributed by atoms with Crippen LogP contribution in [-0.4, -0.2) is 46.9 Å². The van der Waals surface area contributed by atoms with E-state index in [9.17, 15) is 18.4 Å². The second-order valence-electron chi connectivity index (χ2n) is 8.17. The van der Waals surface area contributed by atoms with Gasteiger partial charge in [0, 0.05) is 38.0 Å². The highest BCUT2D eigenvalue weighted by Crippen LogP contribution is 2.43. The van der Waals surface area contributed by atoms with Crippen LogP contribution in [0.4, 0.5) is 8.78 Å². The zero-order valence-electron chi connectivity index (χ0n) is 14.8. The molecule has 2 aliphatic heterocycles. The summed E-state index contributed by atoms with van der Waals surface area (Å²) in [7, 11) is 0. The molecule has 3 fully saturated rings. The van der Waals surface area contributed by atoms with Gasteiger partial charge in [0.25, 0.3) is 5.91 Å². The second-order valence-corrected chi connectivity index (χ2v) is 8.17. The first-order valence-corrected chi connectivity index (χ1v) is 9.40. The van der Waals surface area contributed by atoms with Crippen molar-refractivity contribution in [2.75, 3.05) is 19.6 Å². The van der Waals surface area contributed by atoms with Crippen molar-refractivity contribution in [2.24, 2.45) is 5.41 Å². The van der Waals surface area contributed by atoms with Gasteiger partial charge in [-0.25, -0.2) is 8.78 Å². The Morgan fingerprint density at radius 2 is 1.88 bits per heavy atom. The molecular weight excluding hydrogens is 338 g/mol. The molecule has 3 aliphatic rings. The summed E-state index contributed by atoms with van der Waals surface area (Å²) in [5.41, 5.74) is -0.990. The lowest BCUT2D eigenvalue weighted by Crippen LogP contribution is -2.54. The molecule has 2 saturated heterocycles. The first kappa shape index (κ1) is 17.4. The zero-order chi connectivity index (χ0) is 18.4.